The largest absolute Gasteiger partial charge is 0.480 e. The van der Waals surface area contributed by atoms with E-state index in [1.54, 1.807) is 55.3 Å². The minimum absolute atomic E-state index is 0.192. The highest BCUT2D eigenvalue weighted by Gasteiger charge is 2.23. The van der Waals surface area contributed by atoms with E-state index in [0.717, 1.165) is 5.69 Å². The van der Waals surface area contributed by atoms with E-state index in [4.69, 9.17) is 5.11 Å². The predicted molar refractivity (Wildman–Crippen MR) is 75.1 cm³/mol. The van der Waals surface area contributed by atoms with E-state index in [1.165, 1.54) is 0 Å². The van der Waals surface area contributed by atoms with Crippen LogP contribution in [0.5, 0.6) is 0 Å². The molecule has 7 heteroatoms. The fourth-order valence-corrected chi connectivity index (χ4v) is 1.86. The molecule has 0 saturated heterocycles. The van der Waals surface area contributed by atoms with Gasteiger partial charge in [0.15, 0.2) is 0 Å². The van der Waals surface area contributed by atoms with Crippen LogP contribution in [0.1, 0.15) is 24.2 Å². The van der Waals surface area contributed by atoms with Gasteiger partial charge in [-0.25, -0.2) is 4.79 Å². The first kappa shape index (κ1) is 14.7. The van der Waals surface area contributed by atoms with Crippen LogP contribution in [0.4, 0.5) is 0 Å². The first-order chi connectivity index (χ1) is 9.99. The number of rotatable bonds is 5. The van der Waals surface area contributed by atoms with E-state index in [-0.39, 0.29) is 5.92 Å². The fourth-order valence-electron chi connectivity index (χ4n) is 1.86. The zero-order valence-electron chi connectivity index (χ0n) is 11.7. The molecule has 2 N–H and O–H groups in total. The molecule has 0 saturated carbocycles. The molecule has 1 aromatic heterocycles. The maximum Gasteiger partial charge on any atom is 0.326 e. The number of aromatic nitrogens is 3. The molecule has 0 aliphatic carbocycles. The lowest BCUT2D eigenvalue weighted by atomic mass is 10.0. The number of carboxylic acids is 1. The molecule has 21 heavy (non-hydrogen) atoms. The molecular formula is C14H16N4O3. The van der Waals surface area contributed by atoms with Crippen molar-refractivity contribution >= 4 is 11.9 Å². The van der Waals surface area contributed by atoms with E-state index in [0.29, 0.717) is 5.56 Å². The van der Waals surface area contributed by atoms with E-state index >= 15 is 0 Å². The van der Waals surface area contributed by atoms with Crippen LogP contribution in [0.3, 0.4) is 0 Å². The van der Waals surface area contributed by atoms with Gasteiger partial charge in [0.1, 0.15) is 18.7 Å². The van der Waals surface area contributed by atoms with Crippen LogP contribution in [0.15, 0.2) is 36.9 Å². The SMILES string of the molecule is CC(C)C(NC(=O)c1ccc(-n2cnnc2)cc1)C(=O)O. The van der Waals surface area contributed by atoms with Crippen molar-refractivity contribution in [2.75, 3.05) is 0 Å². The summed E-state index contributed by atoms with van der Waals surface area (Å²) in [5, 5.41) is 19.0. The van der Waals surface area contributed by atoms with Crippen LogP contribution in [0, 0.1) is 5.92 Å². The van der Waals surface area contributed by atoms with E-state index in [1.807, 2.05) is 0 Å². The average Bonchev–Trinajstić information content (AvgIpc) is 2.98. The second-order valence-electron chi connectivity index (χ2n) is 4.95. The van der Waals surface area contributed by atoms with Crippen LogP contribution in [0.25, 0.3) is 5.69 Å². The molecule has 0 fully saturated rings. The molecule has 2 rings (SSSR count). The number of carbonyl (C=O) groups excluding carboxylic acids is 1. The van der Waals surface area contributed by atoms with Crippen molar-refractivity contribution in [1.29, 1.82) is 0 Å². The molecule has 1 aromatic carbocycles. The van der Waals surface area contributed by atoms with Crippen molar-refractivity contribution in [2.24, 2.45) is 5.92 Å². The number of amides is 1. The van der Waals surface area contributed by atoms with Gasteiger partial charge in [-0.2, -0.15) is 0 Å². The Morgan fingerprint density at radius 1 is 1.14 bits per heavy atom. The summed E-state index contributed by atoms with van der Waals surface area (Å²) in [4.78, 5) is 23.1. The van der Waals surface area contributed by atoms with Gasteiger partial charge in [0.05, 0.1) is 0 Å². The zero-order chi connectivity index (χ0) is 15.4. The van der Waals surface area contributed by atoms with Crippen molar-refractivity contribution < 1.29 is 14.7 Å². The van der Waals surface area contributed by atoms with Crippen molar-refractivity contribution in [1.82, 2.24) is 20.1 Å². The van der Waals surface area contributed by atoms with Gasteiger partial charge in [-0.1, -0.05) is 13.8 Å². The molecule has 0 aliphatic rings. The Kier molecular flexibility index (Phi) is 4.32. The first-order valence-electron chi connectivity index (χ1n) is 6.48. The summed E-state index contributed by atoms with van der Waals surface area (Å²) in [6.45, 7) is 3.49. The highest BCUT2D eigenvalue weighted by Crippen LogP contribution is 2.10. The Morgan fingerprint density at radius 3 is 2.19 bits per heavy atom. The van der Waals surface area contributed by atoms with Gasteiger partial charge in [0, 0.05) is 11.3 Å². The van der Waals surface area contributed by atoms with Gasteiger partial charge in [0.2, 0.25) is 0 Å². The van der Waals surface area contributed by atoms with Crippen molar-refractivity contribution in [2.45, 2.75) is 19.9 Å². The van der Waals surface area contributed by atoms with Crippen molar-refractivity contribution in [3.8, 4) is 5.69 Å². The third-order valence-electron chi connectivity index (χ3n) is 3.07. The number of aliphatic carboxylic acids is 1. The number of hydrogen-bond donors (Lipinski definition) is 2. The second-order valence-corrected chi connectivity index (χ2v) is 4.95. The minimum Gasteiger partial charge on any atom is -0.480 e. The topological polar surface area (TPSA) is 97.1 Å². The van der Waals surface area contributed by atoms with Gasteiger partial charge in [-0.3, -0.25) is 9.36 Å². The summed E-state index contributed by atoms with van der Waals surface area (Å²) >= 11 is 0. The fraction of sp³-hybridized carbons (Fsp3) is 0.286. The maximum absolute atomic E-state index is 12.1. The summed E-state index contributed by atoms with van der Waals surface area (Å²) in [5.74, 6) is -1.64. The molecule has 2 aromatic rings. The molecule has 0 bridgehead atoms. The summed E-state index contributed by atoms with van der Waals surface area (Å²) in [6.07, 6.45) is 3.10. The van der Waals surface area contributed by atoms with Crippen LogP contribution in [-0.4, -0.2) is 37.8 Å². The molecule has 1 unspecified atom stereocenters. The van der Waals surface area contributed by atoms with Gasteiger partial charge >= 0.3 is 5.97 Å². The zero-order valence-corrected chi connectivity index (χ0v) is 11.7. The average molecular weight is 288 g/mol. The Bertz CT molecular complexity index is 620. The Morgan fingerprint density at radius 2 is 1.71 bits per heavy atom. The number of carbonyl (C=O) groups is 2. The molecule has 7 nitrogen and oxygen atoms in total. The summed E-state index contributed by atoms with van der Waals surface area (Å²) < 4.78 is 1.70. The van der Waals surface area contributed by atoms with Crippen LogP contribution in [-0.2, 0) is 4.79 Å². The summed E-state index contributed by atoms with van der Waals surface area (Å²) in [7, 11) is 0. The van der Waals surface area contributed by atoms with Gasteiger partial charge in [-0.15, -0.1) is 10.2 Å². The molecule has 110 valence electrons. The number of hydrogen-bond acceptors (Lipinski definition) is 4. The third-order valence-corrected chi connectivity index (χ3v) is 3.07. The van der Waals surface area contributed by atoms with Crippen LogP contribution >= 0.6 is 0 Å². The van der Waals surface area contributed by atoms with Crippen molar-refractivity contribution in [3.05, 3.63) is 42.5 Å². The minimum atomic E-state index is -1.04. The monoisotopic (exact) mass is 288 g/mol. The van der Waals surface area contributed by atoms with Crippen molar-refractivity contribution in [3.63, 3.8) is 0 Å². The predicted octanol–water partition coefficient (Wildman–Crippen LogP) is 1.11. The maximum atomic E-state index is 12.1. The molecule has 1 amide bonds. The number of nitrogens with one attached hydrogen (secondary N) is 1. The molecule has 0 radical (unpaired) electrons. The number of carboxylic acid groups (broad SMARTS) is 1. The van der Waals surface area contributed by atoms with E-state index in [9.17, 15) is 9.59 Å². The molecular weight excluding hydrogens is 272 g/mol. The Balaban J connectivity index is 2.11. The lowest BCUT2D eigenvalue weighted by Crippen LogP contribution is -2.44. The first-order valence-corrected chi connectivity index (χ1v) is 6.48. The normalized spacial score (nSPS) is 12.1. The Labute approximate surface area is 121 Å². The highest BCUT2D eigenvalue weighted by atomic mass is 16.4. The second kappa shape index (κ2) is 6.17. The van der Waals surface area contributed by atoms with Gasteiger partial charge < -0.3 is 10.4 Å². The smallest absolute Gasteiger partial charge is 0.326 e. The molecule has 0 aliphatic heterocycles. The highest BCUT2D eigenvalue weighted by molar-refractivity contribution is 5.96. The van der Waals surface area contributed by atoms with Gasteiger partial charge in [-0.05, 0) is 30.2 Å². The van der Waals surface area contributed by atoms with Gasteiger partial charge in [0.25, 0.3) is 5.91 Å². The Hall–Kier alpha value is -2.70. The van der Waals surface area contributed by atoms with Crippen LogP contribution < -0.4 is 5.32 Å². The lowest BCUT2D eigenvalue weighted by Gasteiger charge is -2.17. The quantitative estimate of drug-likeness (QED) is 0.859. The molecule has 1 atom stereocenters. The standard InChI is InChI=1S/C14H16N4O3/c1-9(2)12(14(20)21)17-13(19)10-3-5-11(6-4-10)18-7-15-16-8-18/h3-9,12H,1-2H3,(H,17,19)(H,20,21). The lowest BCUT2D eigenvalue weighted by molar-refractivity contribution is -0.140. The van der Waals surface area contributed by atoms with E-state index in [2.05, 4.69) is 15.5 Å². The third kappa shape index (κ3) is 3.44. The number of benzene rings is 1. The van der Waals surface area contributed by atoms with E-state index < -0.39 is 17.9 Å². The van der Waals surface area contributed by atoms with Crippen LogP contribution in [0.2, 0.25) is 0 Å². The summed E-state index contributed by atoms with van der Waals surface area (Å²) in [6, 6.07) is 5.83. The summed E-state index contributed by atoms with van der Waals surface area (Å²) in [5.41, 5.74) is 1.22. The number of nitrogens with zero attached hydrogens (tertiary/aromatic N) is 3. The molecule has 0 spiro atoms. The molecule has 1 heterocycles.